The van der Waals surface area contributed by atoms with Crippen LogP contribution in [-0.4, -0.2) is 43.7 Å². The van der Waals surface area contributed by atoms with Crippen LogP contribution in [0.5, 0.6) is 11.5 Å². The molecule has 0 aliphatic rings. The molecule has 2 N–H and O–H groups in total. The van der Waals surface area contributed by atoms with Crippen molar-refractivity contribution >= 4 is 6.09 Å². The van der Waals surface area contributed by atoms with E-state index in [2.05, 4.69) is 5.32 Å². The predicted molar refractivity (Wildman–Crippen MR) is 88.1 cm³/mol. The Morgan fingerprint density at radius 3 is 2.39 bits per heavy atom. The van der Waals surface area contributed by atoms with E-state index in [-0.39, 0.29) is 12.6 Å². The smallest absolute Gasteiger partial charge is 0.407 e. The maximum Gasteiger partial charge on any atom is 0.407 e. The highest BCUT2D eigenvalue weighted by molar-refractivity contribution is 5.68. The van der Waals surface area contributed by atoms with Crippen molar-refractivity contribution < 1.29 is 24.1 Å². The molecule has 6 nitrogen and oxygen atoms in total. The zero-order valence-corrected chi connectivity index (χ0v) is 14.5. The first-order chi connectivity index (χ1) is 10.8. The molecule has 0 radical (unpaired) electrons. The normalized spacial score (nSPS) is 12.4. The van der Waals surface area contributed by atoms with E-state index in [4.69, 9.17) is 14.2 Å². The van der Waals surface area contributed by atoms with Gasteiger partial charge in [0, 0.05) is 0 Å². The van der Waals surface area contributed by atoms with Crippen LogP contribution in [0.15, 0.2) is 18.2 Å². The highest BCUT2D eigenvalue weighted by Gasteiger charge is 2.19. The van der Waals surface area contributed by atoms with E-state index in [0.717, 1.165) is 5.56 Å². The molecule has 130 valence electrons. The zero-order valence-electron chi connectivity index (χ0n) is 14.5. The van der Waals surface area contributed by atoms with Crippen molar-refractivity contribution in [1.82, 2.24) is 5.32 Å². The number of aliphatic hydroxyl groups excluding tert-OH is 1. The maximum absolute atomic E-state index is 11.7. The average molecular weight is 325 g/mol. The first-order valence-corrected chi connectivity index (χ1v) is 7.60. The van der Waals surface area contributed by atoms with Gasteiger partial charge >= 0.3 is 6.09 Å². The van der Waals surface area contributed by atoms with Gasteiger partial charge in [-0.05, 0) is 51.3 Å². The summed E-state index contributed by atoms with van der Waals surface area (Å²) in [7, 11) is 3.17. The predicted octanol–water partition coefficient (Wildman–Crippen LogP) is 2.52. The molecule has 0 heterocycles. The van der Waals surface area contributed by atoms with E-state index in [0.29, 0.717) is 24.3 Å². The molecule has 0 saturated heterocycles. The van der Waals surface area contributed by atoms with Crippen LogP contribution < -0.4 is 14.8 Å². The molecule has 0 aliphatic heterocycles. The Balaban J connectivity index is 2.59. The molecule has 0 fully saturated rings. The van der Waals surface area contributed by atoms with Gasteiger partial charge in [0.2, 0.25) is 0 Å². The Kier molecular flexibility index (Phi) is 7.16. The number of ether oxygens (including phenoxy) is 3. The van der Waals surface area contributed by atoms with Crippen LogP contribution in [0.2, 0.25) is 0 Å². The van der Waals surface area contributed by atoms with Crippen molar-refractivity contribution in [3.63, 3.8) is 0 Å². The third-order valence-corrected chi connectivity index (χ3v) is 3.17. The summed E-state index contributed by atoms with van der Waals surface area (Å²) in [4.78, 5) is 11.7. The quantitative estimate of drug-likeness (QED) is 0.805. The van der Waals surface area contributed by atoms with E-state index < -0.39 is 11.7 Å². The van der Waals surface area contributed by atoms with Crippen LogP contribution in [-0.2, 0) is 11.2 Å². The molecule has 0 aromatic heterocycles. The van der Waals surface area contributed by atoms with Gasteiger partial charge in [-0.3, -0.25) is 0 Å². The summed E-state index contributed by atoms with van der Waals surface area (Å²) >= 11 is 0. The number of hydrogen-bond acceptors (Lipinski definition) is 5. The lowest BCUT2D eigenvalue weighted by Crippen LogP contribution is -2.41. The van der Waals surface area contributed by atoms with E-state index in [1.165, 1.54) is 0 Å². The van der Waals surface area contributed by atoms with E-state index in [9.17, 15) is 9.90 Å². The van der Waals surface area contributed by atoms with Crippen LogP contribution in [0, 0.1) is 0 Å². The molecule has 0 unspecified atom stereocenters. The van der Waals surface area contributed by atoms with Gasteiger partial charge < -0.3 is 24.6 Å². The molecule has 0 bridgehead atoms. The summed E-state index contributed by atoms with van der Waals surface area (Å²) in [6, 6.07) is 5.30. The first kappa shape index (κ1) is 19.1. The molecule has 0 spiro atoms. The molecule has 1 aromatic carbocycles. The fourth-order valence-electron chi connectivity index (χ4n) is 2.06. The van der Waals surface area contributed by atoms with Crippen molar-refractivity contribution in [2.45, 2.75) is 45.3 Å². The number of aliphatic hydroxyl groups is 1. The largest absolute Gasteiger partial charge is 0.493 e. The van der Waals surface area contributed by atoms with Crippen LogP contribution in [0.4, 0.5) is 4.79 Å². The molecule has 1 aromatic rings. The fraction of sp³-hybridized carbons (Fsp3) is 0.588. The second-order valence-corrected chi connectivity index (χ2v) is 6.25. The number of methoxy groups -OCH3 is 2. The van der Waals surface area contributed by atoms with Crippen LogP contribution >= 0.6 is 0 Å². The third-order valence-electron chi connectivity index (χ3n) is 3.17. The zero-order chi connectivity index (χ0) is 17.5. The second kappa shape index (κ2) is 8.62. The molecular weight excluding hydrogens is 298 g/mol. The summed E-state index contributed by atoms with van der Waals surface area (Å²) in [5.74, 6) is 1.33. The number of aryl methyl sites for hydroxylation is 1. The minimum atomic E-state index is -0.562. The van der Waals surface area contributed by atoms with E-state index in [1.54, 1.807) is 35.0 Å². The summed E-state index contributed by atoms with van der Waals surface area (Å²) in [5.41, 5.74) is 0.472. The minimum Gasteiger partial charge on any atom is -0.493 e. The van der Waals surface area contributed by atoms with E-state index >= 15 is 0 Å². The van der Waals surface area contributed by atoms with Gasteiger partial charge in [-0.2, -0.15) is 0 Å². The molecule has 23 heavy (non-hydrogen) atoms. The van der Waals surface area contributed by atoms with Gasteiger partial charge in [0.1, 0.15) is 5.60 Å². The van der Waals surface area contributed by atoms with Gasteiger partial charge in [-0.25, -0.2) is 4.79 Å². The minimum absolute atomic E-state index is 0.146. The number of amides is 1. The summed E-state index contributed by atoms with van der Waals surface area (Å²) in [6.07, 6.45) is 0.746. The average Bonchev–Trinajstić information content (AvgIpc) is 2.49. The molecule has 0 saturated carbocycles. The Morgan fingerprint density at radius 1 is 1.22 bits per heavy atom. The van der Waals surface area contributed by atoms with Crippen molar-refractivity contribution in [3.8, 4) is 11.5 Å². The number of carbonyl (C=O) groups excluding carboxylic acids is 1. The van der Waals surface area contributed by atoms with E-state index in [1.807, 2.05) is 18.2 Å². The monoisotopic (exact) mass is 325 g/mol. The van der Waals surface area contributed by atoms with Crippen LogP contribution in [0.1, 0.15) is 32.8 Å². The topological polar surface area (TPSA) is 77.0 Å². The third kappa shape index (κ3) is 6.78. The second-order valence-electron chi connectivity index (χ2n) is 6.25. The number of rotatable bonds is 7. The van der Waals surface area contributed by atoms with Crippen molar-refractivity contribution in [1.29, 1.82) is 0 Å². The lowest BCUT2D eigenvalue weighted by molar-refractivity contribution is 0.0479. The number of benzene rings is 1. The van der Waals surface area contributed by atoms with Gasteiger partial charge in [0.25, 0.3) is 0 Å². The first-order valence-electron chi connectivity index (χ1n) is 7.60. The Bertz CT molecular complexity index is 510. The Labute approximate surface area is 137 Å². The summed E-state index contributed by atoms with van der Waals surface area (Å²) in [6.45, 7) is 5.24. The number of hydrogen-bond donors (Lipinski definition) is 2. The molecule has 0 aliphatic carbocycles. The molecule has 1 atom stereocenters. The Morgan fingerprint density at radius 2 is 1.87 bits per heavy atom. The van der Waals surface area contributed by atoms with Crippen LogP contribution in [0.25, 0.3) is 0 Å². The van der Waals surface area contributed by atoms with Gasteiger partial charge in [-0.1, -0.05) is 6.07 Å². The molecular formula is C17H27NO5. The van der Waals surface area contributed by atoms with Crippen molar-refractivity contribution in [2.75, 3.05) is 20.8 Å². The number of alkyl carbamates (subject to hydrolysis) is 1. The van der Waals surface area contributed by atoms with Gasteiger partial charge in [0.05, 0.1) is 26.9 Å². The molecule has 1 amide bonds. The summed E-state index contributed by atoms with van der Waals surface area (Å²) < 4.78 is 15.7. The molecule has 1 rings (SSSR count). The molecule has 6 heteroatoms. The Hall–Kier alpha value is -1.95. The van der Waals surface area contributed by atoms with Crippen molar-refractivity contribution in [2.24, 2.45) is 0 Å². The lowest BCUT2D eigenvalue weighted by atomic mass is 10.1. The number of carbonyl (C=O) groups is 1. The summed E-state index contributed by atoms with van der Waals surface area (Å²) in [5, 5.41) is 12.1. The van der Waals surface area contributed by atoms with Gasteiger partial charge in [0.15, 0.2) is 11.5 Å². The SMILES string of the molecule is COc1ccc(CC[C@@H](CO)NC(=O)OC(C)(C)C)cc1OC. The van der Waals surface area contributed by atoms with Gasteiger partial charge in [-0.15, -0.1) is 0 Å². The highest BCUT2D eigenvalue weighted by atomic mass is 16.6. The fourth-order valence-corrected chi connectivity index (χ4v) is 2.06. The number of nitrogens with one attached hydrogen (secondary N) is 1. The lowest BCUT2D eigenvalue weighted by Gasteiger charge is -2.22. The maximum atomic E-state index is 11.7. The highest BCUT2D eigenvalue weighted by Crippen LogP contribution is 2.28. The van der Waals surface area contributed by atoms with Crippen molar-refractivity contribution in [3.05, 3.63) is 23.8 Å². The van der Waals surface area contributed by atoms with Crippen LogP contribution in [0.3, 0.4) is 0 Å². The standard InChI is InChI=1S/C17H27NO5/c1-17(2,3)23-16(20)18-13(11-19)8-6-12-7-9-14(21-4)15(10-12)22-5/h7,9-10,13,19H,6,8,11H2,1-5H3,(H,18,20)/t13-/m0/s1.